The molecule has 170 valence electrons. The maximum atomic E-state index is 13.1. The van der Waals surface area contributed by atoms with Crippen LogP contribution in [0.5, 0.6) is 0 Å². The van der Waals surface area contributed by atoms with Gasteiger partial charge in [0.2, 0.25) is 0 Å². The van der Waals surface area contributed by atoms with Gasteiger partial charge in [0.15, 0.2) is 4.32 Å². The Labute approximate surface area is 215 Å². The second-order valence-corrected chi connectivity index (χ2v) is 10.7. The molecule has 1 fully saturated rings. The second kappa shape index (κ2) is 9.38. The molecule has 0 spiro atoms. The molecule has 1 aliphatic heterocycles. The molecule has 4 aromatic rings. The van der Waals surface area contributed by atoms with Crippen molar-refractivity contribution < 1.29 is 9.59 Å². The number of benzene rings is 2. The summed E-state index contributed by atoms with van der Waals surface area (Å²) < 4.78 is 2.49. The Bertz CT molecular complexity index is 1470. The zero-order valence-corrected chi connectivity index (χ0v) is 21.2. The molecule has 1 aliphatic rings. The van der Waals surface area contributed by atoms with E-state index in [0.717, 1.165) is 32.7 Å². The highest BCUT2D eigenvalue weighted by Crippen LogP contribution is 2.35. The molecule has 3 heterocycles. The fraction of sp³-hybridized carbons (Fsp3) is 0.0800. The number of rotatable bonds is 5. The Kier molecular flexibility index (Phi) is 6.31. The van der Waals surface area contributed by atoms with Gasteiger partial charge in [0.05, 0.1) is 9.78 Å². The van der Waals surface area contributed by atoms with Crippen molar-refractivity contribution in [2.75, 3.05) is 0 Å². The van der Waals surface area contributed by atoms with E-state index in [1.807, 2.05) is 55.5 Å². The van der Waals surface area contributed by atoms with Crippen molar-refractivity contribution in [3.8, 4) is 0 Å². The number of amides is 2. The van der Waals surface area contributed by atoms with Crippen LogP contribution in [-0.2, 0) is 11.3 Å². The minimum atomic E-state index is -0.361. The van der Waals surface area contributed by atoms with Crippen molar-refractivity contribution in [3.63, 3.8) is 0 Å². The number of thiophene rings is 1. The number of aromatic nitrogens is 1. The molecule has 2 aromatic heterocycles. The minimum absolute atomic E-state index is 0.290. The number of halogens is 1. The van der Waals surface area contributed by atoms with Gasteiger partial charge >= 0.3 is 0 Å². The van der Waals surface area contributed by atoms with Gasteiger partial charge < -0.3 is 4.57 Å². The fourth-order valence-electron chi connectivity index (χ4n) is 3.90. The van der Waals surface area contributed by atoms with Crippen LogP contribution >= 0.6 is 46.9 Å². The molecule has 9 heteroatoms. The molecule has 0 aliphatic carbocycles. The van der Waals surface area contributed by atoms with E-state index in [9.17, 15) is 9.59 Å². The van der Waals surface area contributed by atoms with Crippen LogP contribution in [0.25, 0.3) is 17.0 Å². The van der Waals surface area contributed by atoms with Gasteiger partial charge in [-0.3, -0.25) is 15.0 Å². The van der Waals surface area contributed by atoms with Crippen LogP contribution < -0.4 is 5.43 Å². The van der Waals surface area contributed by atoms with E-state index in [4.69, 9.17) is 23.8 Å². The summed E-state index contributed by atoms with van der Waals surface area (Å²) >= 11 is 14.3. The number of hydrogen-bond acceptors (Lipinski definition) is 5. The first-order valence-corrected chi connectivity index (χ1v) is 12.9. The lowest BCUT2D eigenvalue weighted by atomic mass is 10.1. The Balaban J connectivity index is 1.50. The number of nitrogens with zero attached hydrogens (tertiary/aromatic N) is 2. The van der Waals surface area contributed by atoms with Crippen molar-refractivity contribution in [2.24, 2.45) is 0 Å². The molecule has 2 amide bonds. The SMILES string of the molecule is Cc1c(/C=C2\SC(=S)N(NC(=O)c3cccs3)C2=O)c2ccccc2n1Cc1ccccc1Cl. The van der Waals surface area contributed by atoms with E-state index in [0.29, 0.717) is 25.7 Å². The molecule has 5 rings (SSSR count). The Morgan fingerprint density at radius 3 is 2.65 bits per heavy atom. The number of fused-ring (bicyclic) bond motifs is 1. The highest BCUT2D eigenvalue weighted by molar-refractivity contribution is 8.26. The minimum Gasteiger partial charge on any atom is -0.340 e. The average molecular weight is 524 g/mol. The molecule has 0 bridgehead atoms. The van der Waals surface area contributed by atoms with Gasteiger partial charge in [-0.15, -0.1) is 11.3 Å². The third kappa shape index (κ3) is 4.18. The topological polar surface area (TPSA) is 54.3 Å². The lowest BCUT2D eigenvalue weighted by Gasteiger charge is -2.14. The van der Waals surface area contributed by atoms with Gasteiger partial charge in [0.25, 0.3) is 11.8 Å². The van der Waals surface area contributed by atoms with Crippen LogP contribution in [0.2, 0.25) is 5.02 Å². The largest absolute Gasteiger partial charge is 0.340 e. The predicted molar refractivity (Wildman–Crippen MR) is 144 cm³/mol. The number of para-hydroxylation sites is 1. The van der Waals surface area contributed by atoms with Crippen LogP contribution in [0.1, 0.15) is 26.5 Å². The van der Waals surface area contributed by atoms with Gasteiger partial charge in [-0.2, -0.15) is 5.01 Å². The fourth-order valence-corrected chi connectivity index (χ4v) is 5.87. The van der Waals surface area contributed by atoms with E-state index < -0.39 is 0 Å². The summed E-state index contributed by atoms with van der Waals surface area (Å²) in [5.41, 5.74) is 6.64. The Morgan fingerprint density at radius 1 is 1.12 bits per heavy atom. The number of carbonyl (C=O) groups is 2. The quantitative estimate of drug-likeness (QED) is 0.248. The van der Waals surface area contributed by atoms with Gasteiger partial charge in [0.1, 0.15) is 0 Å². The van der Waals surface area contributed by atoms with Gasteiger partial charge in [0, 0.05) is 33.7 Å². The number of carbonyl (C=O) groups excluding carboxylic acids is 2. The Morgan fingerprint density at radius 2 is 1.88 bits per heavy atom. The molecule has 5 nitrogen and oxygen atoms in total. The van der Waals surface area contributed by atoms with Gasteiger partial charge in [-0.05, 0) is 54.4 Å². The summed E-state index contributed by atoms with van der Waals surface area (Å²) in [5, 5.41) is 4.69. The van der Waals surface area contributed by atoms with E-state index in [2.05, 4.69) is 16.1 Å². The lowest BCUT2D eigenvalue weighted by molar-refractivity contribution is -0.123. The molecule has 0 atom stereocenters. The van der Waals surface area contributed by atoms with Crippen molar-refractivity contribution in [1.29, 1.82) is 0 Å². The average Bonchev–Trinajstić information content (AvgIpc) is 3.52. The Hall–Kier alpha value is -2.91. The van der Waals surface area contributed by atoms with E-state index in [1.54, 1.807) is 17.5 Å². The van der Waals surface area contributed by atoms with Crippen molar-refractivity contribution in [1.82, 2.24) is 15.0 Å². The first-order valence-electron chi connectivity index (χ1n) is 10.4. The third-order valence-electron chi connectivity index (χ3n) is 5.59. The highest BCUT2D eigenvalue weighted by Gasteiger charge is 2.34. The number of thiocarbonyl (C=S) groups is 1. The third-order valence-corrected chi connectivity index (χ3v) is 8.13. The maximum Gasteiger partial charge on any atom is 0.285 e. The zero-order valence-electron chi connectivity index (χ0n) is 17.9. The number of nitrogens with one attached hydrogen (secondary N) is 1. The van der Waals surface area contributed by atoms with Crippen molar-refractivity contribution in [3.05, 3.63) is 97.7 Å². The highest BCUT2D eigenvalue weighted by atomic mass is 35.5. The summed E-state index contributed by atoms with van der Waals surface area (Å²) in [7, 11) is 0. The summed E-state index contributed by atoms with van der Waals surface area (Å²) in [6, 6.07) is 19.3. The summed E-state index contributed by atoms with van der Waals surface area (Å²) in [6.07, 6.45) is 1.86. The molecule has 1 saturated heterocycles. The number of thioether (sulfide) groups is 1. The maximum absolute atomic E-state index is 13.1. The van der Waals surface area contributed by atoms with Crippen LogP contribution in [0.15, 0.2) is 70.9 Å². The zero-order chi connectivity index (χ0) is 23.8. The van der Waals surface area contributed by atoms with Crippen LogP contribution in [0.4, 0.5) is 0 Å². The second-order valence-electron chi connectivity index (χ2n) is 7.63. The molecule has 2 aromatic carbocycles. The normalized spacial score (nSPS) is 15.0. The summed E-state index contributed by atoms with van der Waals surface area (Å²) in [6.45, 7) is 2.64. The summed E-state index contributed by atoms with van der Waals surface area (Å²) in [4.78, 5) is 26.6. The van der Waals surface area contributed by atoms with Crippen LogP contribution in [-0.4, -0.2) is 25.7 Å². The van der Waals surface area contributed by atoms with E-state index >= 15 is 0 Å². The monoisotopic (exact) mass is 523 g/mol. The number of hydrogen-bond donors (Lipinski definition) is 1. The smallest absolute Gasteiger partial charge is 0.285 e. The molecule has 1 N–H and O–H groups in total. The molecule has 0 saturated carbocycles. The van der Waals surface area contributed by atoms with Crippen LogP contribution in [0, 0.1) is 6.92 Å². The first kappa shape index (κ1) is 22.9. The number of hydrazine groups is 1. The predicted octanol–water partition coefficient (Wildman–Crippen LogP) is 6.26. The van der Waals surface area contributed by atoms with E-state index in [1.165, 1.54) is 23.1 Å². The van der Waals surface area contributed by atoms with E-state index in [-0.39, 0.29) is 11.8 Å². The van der Waals surface area contributed by atoms with Crippen LogP contribution in [0.3, 0.4) is 0 Å². The molecular formula is C25H18ClN3O2S3. The van der Waals surface area contributed by atoms with Gasteiger partial charge in [-0.25, -0.2) is 0 Å². The molecule has 0 radical (unpaired) electrons. The molecule has 34 heavy (non-hydrogen) atoms. The van der Waals surface area contributed by atoms with Gasteiger partial charge in [-0.1, -0.05) is 65.8 Å². The lowest BCUT2D eigenvalue weighted by Crippen LogP contribution is -2.44. The van der Waals surface area contributed by atoms with Crippen molar-refractivity contribution >= 4 is 80.0 Å². The molecular weight excluding hydrogens is 506 g/mol. The summed E-state index contributed by atoms with van der Waals surface area (Å²) in [5.74, 6) is -0.706. The molecule has 0 unspecified atom stereocenters. The van der Waals surface area contributed by atoms with Crippen molar-refractivity contribution in [2.45, 2.75) is 13.5 Å². The standard InChI is InChI=1S/C25H18ClN3O2S3/c1-15-18(13-22-24(31)29(25(32)34-22)27-23(30)21-11-6-12-33-21)17-8-3-5-10-20(17)28(15)14-16-7-2-4-9-19(16)26/h2-13H,14H2,1H3,(H,27,30)/b22-13-. The first-order chi connectivity index (χ1) is 16.4.